The van der Waals surface area contributed by atoms with Crippen LogP contribution in [-0.4, -0.2) is 47.9 Å². The van der Waals surface area contributed by atoms with Crippen molar-refractivity contribution >= 4 is 12.1 Å². The molecule has 150 valence electrons. The number of aliphatic hydroxyl groups excluding tert-OH is 1. The van der Waals surface area contributed by atoms with E-state index in [1.165, 1.54) is 0 Å². The Kier molecular flexibility index (Phi) is 5.89. The SMILES string of the molecule is C=C1C=C(C(=O)OCC)[C@@H]2CCN(C(=O)OCc3ccccc3)C[C@]2(C)[C@@H]1O. The van der Waals surface area contributed by atoms with Gasteiger partial charge >= 0.3 is 12.1 Å². The number of aliphatic hydroxyl groups is 1. The molecule has 3 rings (SSSR count). The first kappa shape index (κ1) is 20.1. The highest BCUT2D eigenvalue weighted by atomic mass is 16.6. The van der Waals surface area contributed by atoms with Crippen molar-refractivity contribution in [3.8, 4) is 0 Å². The Morgan fingerprint density at radius 1 is 1.29 bits per heavy atom. The van der Waals surface area contributed by atoms with Crippen molar-refractivity contribution in [1.82, 2.24) is 4.90 Å². The molecule has 1 fully saturated rings. The molecule has 6 heteroatoms. The molecule has 0 unspecified atom stereocenters. The van der Waals surface area contributed by atoms with Crippen LogP contribution in [0.25, 0.3) is 0 Å². The third-order valence-corrected chi connectivity index (χ3v) is 5.68. The number of carbonyl (C=O) groups excluding carboxylic acids is 2. The van der Waals surface area contributed by atoms with Gasteiger partial charge in [-0.25, -0.2) is 9.59 Å². The van der Waals surface area contributed by atoms with Crippen LogP contribution in [0.2, 0.25) is 0 Å². The van der Waals surface area contributed by atoms with Crippen molar-refractivity contribution in [2.75, 3.05) is 19.7 Å². The van der Waals surface area contributed by atoms with Crippen LogP contribution in [0.1, 0.15) is 25.8 Å². The summed E-state index contributed by atoms with van der Waals surface area (Å²) in [5.41, 5.74) is 1.17. The Hall–Kier alpha value is -2.60. The molecule has 1 amide bonds. The van der Waals surface area contributed by atoms with E-state index in [1.54, 1.807) is 17.9 Å². The molecule has 0 bridgehead atoms. The lowest BCUT2D eigenvalue weighted by molar-refractivity contribution is -0.141. The van der Waals surface area contributed by atoms with Gasteiger partial charge in [0, 0.05) is 30.0 Å². The van der Waals surface area contributed by atoms with Crippen molar-refractivity contribution in [3.63, 3.8) is 0 Å². The van der Waals surface area contributed by atoms with E-state index in [0.29, 0.717) is 24.1 Å². The largest absolute Gasteiger partial charge is 0.463 e. The average molecular weight is 385 g/mol. The molecule has 1 aromatic carbocycles. The van der Waals surface area contributed by atoms with Gasteiger partial charge in [-0.3, -0.25) is 0 Å². The predicted molar refractivity (Wildman–Crippen MR) is 104 cm³/mol. The van der Waals surface area contributed by atoms with Gasteiger partial charge < -0.3 is 19.5 Å². The second-order valence-electron chi connectivity index (χ2n) is 7.61. The second kappa shape index (κ2) is 8.19. The molecular weight excluding hydrogens is 358 g/mol. The van der Waals surface area contributed by atoms with E-state index in [-0.39, 0.29) is 31.6 Å². The number of ether oxygens (including phenoxy) is 2. The number of rotatable bonds is 4. The van der Waals surface area contributed by atoms with Crippen LogP contribution in [0.3, 0.4) is 0 Å². The Balaban J connectivity index is 1.73. The quantitative estimate of drug-likeness (QED) is 0.806. The van der Waals surface area contributed by atoms with E-state index in [4.69, 9.17) is 9.47 Å². The number of hydrogen-bond donors (Lipinski definition) is 1. The number of benzene rings is 1. The molecular formula is C22H27NO5. The maximum absolute atomic E-state index is 12.6. The third-order valence-electron chi connectivity index (χ3n) is 5.68. The summed E-state index contributed by atoms with van der Waals surface area (Å²) >= 11 is 0. The molecule has 0 spiro atoms. The molecule has 2 aliphatic rings. The van der Waals surface area contributed by atoms with Crippen molar-refractivity contribution in [1.29, 1.82) is 0 Å². The summed E-state index contributed by atoms with van der Waals surface area (Å²) in [4.78, 5) is 26.6. The van der Waals surface area contributed by atoms with Gasteiger partial charge in [0.2, 0.25) is 0 Å². The number of amides is 1. The Morgan fingerprint density at radius 3 is 2.68 bits per heavy atom. The Bertz CT molecular complexity index is 787. The van der Waals surface area contributed by atoms with Gasteiger partial charge in [-0.1, -0.05) is 43.8 Å². The van der Waals surface area contributed by atoms with Gasteiger partial charge in [-0.15, -0.1) is 0 Å². The van der Waals surface area contributed by atoms with Crippen molar-refractivity contribution in [2.45, 2.75) is 33.0 Å². The number of likely N-dealkylation sites (tertiary alicyclic amines) is 1. The van der Waals surface area contributed by atoms with E-state index < -0.39 is 17.6 Å². The summed E-state index contributed by atoms with van der Waals surface area (Å²) in [5, 5.41) is 10.8. The number of hydrogen-bond acceptors (Lipinski definition) is 5. The highest BCUT2D eigenvalue weighted by molar-refractivity contribution is 5.90. The maximum Gasteiger partial charge on any atom is 0.410 e. The summed E-state index contributed by atoms with van der Waals surface area (Å²) in [5.74, 6) is -0.586. The zero-order valence-corrected chi connectivity index (χ0v) is 16.4. The fourth-order valence-electron chi connectivity index (χ4n) is 4.19. The molecule has 6 nitrogen and oxygen atoms in total. The standard InChI is InChI=1S/C22H27NO5/c1-4-27-20(25)17-12-15(2)19(24)22(3)14-23(11-10-18(17)22)21(26)28-13-16-8-6-5-7-9-16/h5-9,12,18-19,24H,2,4,10-11,13-14H2,1,3H3/t18-,19+,22-/m0/s1. The molecule has 3 atom stereocenters. The fraction of sp³-hybridized carbons (Fsp3) is 0.455. The van der Waals surface area contributed by atoms with Crippen LogP contribution >= 0.6 is 0 Å². The van der Waals surface area contributed by atoms with Crippen LogP contribution in [-0.2, 0) is 20.9 Å². The van der Waals surface area contributed by atoms with Crippen molar-refractivity contribution in [3.05, 3.63) is 59.7 Å². The van der Waals surface area contributed by atoms with Crippen LogP contribution in [0, 0.1) is 11.3 Å². The lowest BCUT2D eigenvalue weighted by Gasteiger charge is -2.51. The third kappa shape index (κ3) is 3.83. The van der Waals surface area contributed by atoms with E-state index in [2.05, 4.69) is 6.58 Å². The van der Waals surface area contributed by atoms with Crippen LogP contribution in [0.5, 0.6) is 0 Å². The Morgan fingerprint density at radius 2 is 2.00 bits per heavy atom. The van der Waals surface area contributed by atoms with Gasteiger partial charge in [0.05, 0.1) is 12.7 Å². The summed E-state index contributed by atoms with van der Waals surface area (Å²) in [6.07, 6.45) is 0.915. The summed E-state index contributed by atoms with van der Waals surface area (Å²) in [7, 11) is 0. The molecule has 28 heavy (non-hydrogen) atoms. The van der Waals surface area contributed by atoms with E-state index in [9.17, 15) is 14.7 Å². The number of esters is 1. The zero-order valence-electron chi connectivity index (χ0n) is 16.4. The molecule has 1 aliphatic heterocycles. The topological polar surface area (TPSA) is 76.1 Å². The summed E-state index contributed by atoms with van der Waals surface area (Å²) < 4.78 is 10.6. The minimum Gasteiger partial charge on any atom is -0.463 e. The predicted octanol–water partition coefficient (Wildman–Crippen LogP) is 3.07. The molecule has 1 saturated heterocycles. The zero-order chi connectivity index (χ0) is 20.3. The number of carbonyl (C=O) groups is 2. The van der Waals surface area contributed by atoms with Gasteiger partial charge in [-0.05, 0) is 30.6 Å². The van der Waals surface area contributed by atoms with E-state index in [1.807, 2.05) is 37.3 Å². The highest BCUT2D eigenvalue weighted by Gasteiger charge is 2.52. The molecule has 1 N–H and O–H groups in total. The van der Waals surface area contributed by atoms with E-state index >= 15 is 0 Å². The molecule has 1 aromatic rings. The minimum atomic E-state index is -0.847. The van der Waals surface area contributed by atoms with Crippen molar-refractivity contribution < 1.29 is 24.2 Å². The second-order valence-corrected chi connectivity index (χ2v) is 7.61. The Labute approximate surface area is 165 Å². The van der Waals surface area contributed by atoms with Crippen LogP contribution in [0.15, 0.2) is 54.1 Å². The normalized spacial score (nSPS) is 26.9. The fourth-order valence-corrected chi connectivity index (χ4v) is 4.19. The minimum absolute atomic E-state index is 0.194. The summed E-state index contributed by atoms with van der Waals surface area (Å²) in [6.45, 7) is 8.75. The maximum atomic E-state index is 12.6. The molecule has 1 aliphatic carbocycles. The average Bonchev–Trinajstić information content (AvgIpc) is 2.70. The van der Waals surface area contributed by atoms with Gasteiger partial charge in [0.1, 0.15) is 6.61 Å². The van der Waals surface area contributed by atoms with Crippen LogP contribution in [0.4, 0.5) is 4.79 Å². The molecule has 0 aromatic heterocycles. The first-order valence-electron chi connectivity index (χ1n) is 9.58. The first-order chi connectivity index (χ1) is 13.4. The first-order valence-corrected chi connectivity index (χ1v) is 9.58. The van der Waals surface area contributed by atoms with Gasteiger partial charge in [-0.2, -0.15) is 0 Å². The molecule has 0 radical (unpaired) electrons. The van der Waals surface area contributed by atoms with Crippen molar-refractivity contribution in [2.24, 2.45) is 11.3 Å². The monoisotopic (exact) mass is 385 g/mol. The van der Waals surface area contributed by atoms with Gasteiger partial charge in [0.25, 0.3) is 0 Å². The molecule has 1 heterocycles. The lowest BCUT2D eigenvalue weighted by atomic mass is 9.61. The highest BCUT2D eigenvalue weighted by Crippen LogP contribution is 2.48. The van der Waals surface area contributed by atoms with E-state index in [0.717, 1.165) is 5.56 Å². The number of piperidine rings is 1. The van der Waals surface area contributed by atoms with Crippen LogP contribution < -0.4 is 0 Å². The number of nitrogens with zero attached hydrogens (tertiary/aromatic N) is 1. The van der Waals surface area contributed by atoms with Gasteiger partial charge in [0.15, 0.2) is 0 Å². The number of fused-ring (bicyclic) bond motifs is 1. The lowest BCUT2D eigenvalue weighted by Crippen LogP contribution is -2.57. The smallest absolute Gasteiger partial charge is 0.410 e. The molecule has 0 saturated carbocycles. The summed E-state index contributed by atoms with van der Waals surface area (Å²) in [6, 6.07) is 9.48.